The largest absolute Gasteiger partial charge is 0.496 e. The number of rotatable bonds is 8. The molecule has 1 aromatic carbocycles. The van der Waals surface area contributed by atoms with Gasteiger partial charge in [-0.2, -0.15) is 0 Å². The number of anilines is 2. The number of methoxy groups -OCH3 is 1. The number of benzene rings is 1. The van der Waals surface area contributed by atoms with E-state index in [2.05, 4.69) is 33.6 Å². The van der Waals surface area contributed by atoms with Gasteiger partial charge >= 0.3 is 0 Å². The lowest BCUT2D eigenvalue weighted by atomic mass is 10.1. The zero-order valence-corrected chi connectivity index (χ0v) is 18.4. The van der Waals surface area contributed by atoms with E-state index in [9.17, 15) is 0 Å². The Morgan fingerprint density at radius 1 is 1.07 bits per heavy atom. The lowest BCUT2D eigenvalue weighted by Gasteiger charge is -2.36. The molecule has 4 N–H and O–H groups in total. The summed E-state index contributed by atoms with van der Waals surface area (Å²) in [6.45, 7) is 10.0. The van der Waals surface area contributed by atoms with Gasteiger partial charge in [0.05, 0.1) is 7.11 Å². The van der Waals surface area contributed by atoms with Gasteiger partial charge in [-0.25, -0.2) is 9.97 Å². The molecule has 0 amide bonds. The SMILES string of the molecule is COc1ccccc1Cc1c(N)nc(SCCN2CCN(C(C)C)CC2)nc1N. The third-order valence-corrected chi connectivity index (χ3v) is 6.21. The highest BCUT2D eigenvalue weighted by Gasteiger charge is 2.19. The molecule has 2 heterocycles. The molecule has 2 aromatic rings. The van der Waals surface area contributed by atoms with Crippen LogP contribution in [0.4, 0.5) is 11.6 Å². The van der Waals surface area contributed by atoms with Crippen LogP contribution in [0, 0.1) is 0 Å². The molecular formula is C21H32N6OS. The number of hydrogen-bond donors (Lipinski definition) is 2. The first-order chi connectivity index (χ1) is 14.0. The summed E-state index contributed by atoms with van der Waals surface area (Å²) in [5.74, 6) is 2.61. The molecule has 3 rings (SSSR count). The van der Waals surface area contributed by atoms with Crippen molar-refractivity contribution in [3.8, 4) is 5.75 Å². The fourth-order valence-corrected chi connectivity index (χ4v) is 4.41. The topological polar surface area (TPSA) is 93.5 Å². The first-order valence-corrected chi connectivity index (χ1v) is 11.1. The molecule has 1 aliphatic heterocycles. The van der Waals surface area contributed by atoms with Crippen molar-refractivity contribution in [1.82, 2.24) is 19.8 Å². The second kappa shape index (κ2) is 10.1. The van der Waals surface area contributed by atoms with Gasteiger partial charge in [-0.3, -0.25) is 9.80 Å². The number of para-hydroxylation sites is 1. The number of nitrogens with two attached hydrogens (primary N) is 2. The number of hydrogen-bond acceptors (Lipinski definition) is 8. The van der Waals surface area contributed by atoms with E-state index in [0.717, 1.165) is 55.4 Å². The van der Waals surface area contributed by atoms with Crippen LogP contribution in [0.2, 0.25) is 0 Å². The van der Waals surface area contributed by atoms with E-state index in [0.29, 0.717) is 29.3 Å². The number of ether oxygens (including phenoxy) is 1. The number of piperazine rings is 1. The fraction of sp³-hybridized carbons (Fsp3) is 0.524. The Bertz CT molecular complexity index is 785. The standard InChI is InChI=1S/C21H32N6OS/c1-15(2)27-10-8-26(9-11-27)12-13-29-21-24-19(22)17(20(23)25-21)14-16-6-4-5-7-18(16)28-3/h4-7,15H,8-14H2,1-3H3,(H4,22,23,24,25). The summed E-state index contributed by atoms with van der Waals surface area (Å²) in [5.41, 5.74) is 14.2. The van der Waals surface area contributed by atoms with Crippen LogP contribution >= 0.6 is 11.8 Å². The molecule has 0 unspecified atom stereocenters. The molecule has 0 aliphatic carbocycles. The van der Waals surface area contributed by atoms with Crippen LogP contribution in [0.25, 0.3) is 0 Å². The Hall–Kier alpha value is -2.03. The lowest BCUT2D eigenvalue weighted by Crippen LogP contribution is -2.49. The van der Waals surface area contributed by atoms with Gasteiger partial charge in [-0.1, -0.05) is 30.0 Å². The van der Waals surface area contributed by atoms with E-state index in [1.54, 1.807) is 18.9 Å². The third-order valence-electron chi connectivity index (χ3n) is 5.39. The van der Waals surface area contributed by atoms with Crippen molar-refractivity contribution < 1.29 is 4.74 Å². The second-order valence-electron chi connectivity index (χ2n) is 7.56. The summed E-state index contributed by atoms with van der Waals surface area (Å²) < 4.78 is 5.42. The maximum absolute atomic E-state index is 6.22. The van der Waals surface area contributed by atoms with Crippen molar-refractivity contribution >= 4 is 23.4 Å². The van der Waals surface area contributed by atoms with Crippen molar-refractivity contribution in [3.63, 3.8) is 0 Å². The van der Waals surface area contributed by atoms with Gasteiger partial charge in [0.2, 0.25) is 0 Å². The van der Waals surface area contributed by atoms with Crippen LogP contribution in [0.15, 0.2) is 29.4 Å². The lowest BCUT2D eigenvalue weighted by molar-refractivity contribution is 0.113. The highest BCUT2D eigenvalue weighted by Crippen LogP contribution is 2.27. The molecular weight excluding hydrogens is 384 g/mol. The van der Waals surface area contributed by atoms with Gasteiger partial charge in [0.15, 0.2) is 5.16 Å². The molecule has 8 heteroatoms. The summed E-state index contributed by atoms with van der Waals surface area (Å²) in [6.07, 6.45) is 0.548. The number of thioether (sulfide) groups is 1. The highest BCUT2D eigenvalue weighted by molar-refractivity contribution is 7.99. The number of nitrogens with zero attached hydrogens (tertiary/aromatic N) is 4. The Balaban J connectivity index is 1.55. The molecule has 29 heavy (non-hydrogen) atoms. The molecule has 158 valence electrons. The molecule has 0 saturated carbocycles. The van der Waals surface area contributed by atoms with Crippen LogP contribution in [0.3, 0.4) is 0 Å². The first kappa shape index (κ1) is 21.7. The fourth-order valence-electron chi connectivity index (χ4n) is 3.55. The minimum Gasteiger partial charge on any atom is -0.496 e. The maximum Gasteiger partial charge on any atom is 0.191 e. The van der Waals surface area contributed by atoms with E-state index in [1.807, 2.05) is 24.3 Å². The molecule has 0 radical (unpaired) electrons. The number of nitrogen functional groups attached to an aromatic ring is 2. The normalized spacial score (nSPS) is 15.7. The van der Waals surface area contributed by atoms with Gasteiger partial charge in [0, 0.05) is 56.5 Å². The minimum absolute atomic E-state index is 0.441. The van der Waals surface area contributed by atoms with E-state index in [-0.39, 0.29) is 0 Å². The quantitative estimate of drug-likeness (QED) is 0.500. The van der Waals surface area contributed by atoms with Crippen molar-refractivity contribution in [1.29, 1.82) is 0 Å². The monoisotopic (exact) mass is 416 g/mol. The average molecular weight is 417 g/mol. The summed E-state index contributed by atoms with van der Waals surface area (Å²) >= 11 is 1.61. The van der Waals surface area contributed by atoms with Gasteiger partial charge in [0.25, 0.3) is 0 Å². The van der Waals surface area contributed by atoms with E-state index in [1.165, 1.54) is 0 Å². The summed E-state index contributed by atoms with van der Waals surface area (Å²) in [4.78, 5) is 14.0. The Morgan fingerprint density at radius 2 is 1.72 bits per heavy atom. The summed E-state index contributed by atoms with van der Waals surface area (Å²) in [7, 11) is 1.66. The summed E-state index contributed by atoms with van der Waals surface area (Å²) in [6, 6.07) is 8.46. The van der Waals surface area contributed by atoms with Gasteiger partial charge < -0.3 is 16.2 Å². The molecule has 1 aliphatic rings. The van der Waals surface area contributed by atoms with Crippen LogP contribution in [0.1, 0.15) is 25.0 Å². The average Bonchev–Trinajstić information content (AvgIpc) is 2.71. The molecule has 1 saturated heterocycles. The molecule has 0 atom stereocenters. The molecule has 0 bridgehead atoms. The maximum atomic E-state index is 6.22. The summed E-state index contributed by atoms with van der Waals surface area (Å²) in [5, 5.41) is 0.643. The predicted octanol–water partition coefficient (Wildman–Crippen LogP) is 2.36. The highest BCUT2D eigenvalue weighted by atomic mass is 32.2. The molecule has 1 aromatic heterocycles. The van der Waals surface area contributed by atoms with E-state index < -0.39 is 0 Å². The van der Waals surface area contributed by atoms with Crippen molar-refractivity contribution in [2.75, 3.05) is 57.1 Å². The number of aromatic nitrogens is 2. The smallest absolute Gasteiger partial charge is 0.191 e. The zero-order chi connectivity index (χ0) is 20.8. The third kappa shape index (κ3) is 5.74. The Morgan fingerprint density at radius 3 is 2.34 bits per heavy atom. The Labute approximate surface area is 177 Å². The van der Waals surface area contributed by atoms with Crippen LogP contribution in [-0.2, 0) is 6.42 Å². The first-order valence-electron chi connectivity index (χ1n) is 10.1. The molecule has 0 spiro atoms. The van der Waals surface area contributed by atoms with Crippen LogP contribution < -0.4 is 16.2 Å². The van der Waals surface area contributed by atoms with Crippen LogP contribution in [-0.4, -0.2) is 71.4 Å². The van der Waals surface area contributed by atoms with Gasteiger partial charge in [-0.15, -0.1) is 0 Å². The van der Waals surface area contributed by atoms with Crippen molar-refractivity contribution in [2.45, 2.75) is 31.5 Å². The Kier molecular flexibility index (Phi) is 7.57. The minimum atomic E-state index is 0.441. The van der Waals surface area contributed by atoms with Crippen LogP contribution in [0.5, 0.6) is 5.75 Å². The zero-order valence-electron chi connectivity index (χ0n) is 17.6. The second-order valence-corrected chi connectivity index (χ2v) is 8.63. The van der Waals surface area contributed by atoms with E-state index in [4.69, 9.17) is 16.2 Å². The molecule has 1 fully saturated rings. The predicted molar refractivity (Wildman–Crippen MR) is 121 cm³/mol. The van der Waals surface area contributed by atoms with Gasteiger partial charge in [0.1, 0.15) is 17.4 Å². The van der Waals surface area contributed by atoms with E-state index >= 15 is 0 Å². The van der Waals surface area contributed by atoms with Crippen molar-refractivity contribution in [2.24, 2.45) is 0 Å². The molecule has 7 nitrogen and oxygen atoms in total. The van der Waals surface area contributed by atoms with Crippen molar-refractivity contribution in [3.05, 3.63) is 35.4 Å². The van der Waals surface area contributed by atoms with Gasteiger partial charge in [-0.05, 0) is 25.5 Å².